The minimum Gasteiger partial charge on any atom is -0.305 e. The molecule has 0 aliphatic heterocycles. The Bertz CT molecular complexity index is 869. The van der Waals surface area contributed by atoms with Gasteiger partial charge in [0.15, 0.2) is 11.0 Å². The zero-order valence-electron chi connectivity index (χ0n) is 13.5. The van der Waals surface area contributed by atoms with Crippen molar-refractivity contribution in [3.8, 4) is 11.4 Å². The minimum absolute atomic E-state index is 0.198. The van der Waals surface area contributed by atoms with E-state index in [4.69, 9.17) is 0 Å². The smallest absolute Gasteiger partial charge is 0.191 e. The van der Waals surface area contributed by atoms with E-state index in [1.807, 2.05) is 24.5 Å². The highest BCUT2D eigenvalue weighted by Gasteiger charge is 2.20. The lowest BCUT2D eigenvalue weighted by atomic mass is 9.96. The highest BCUT2D eigenvalue weighted by Crippen LogP contribution is 2.36. The lowest BCUT2D eigenvalue weighted by Gasteiger charge is -2.12. The molecule has 1 aliphatic rings. The summed E-state index contributed by atoms with van der Waals surface area (Å²) in [7, 11) is 2.01. The van der Waals surface area contributed by atoms with E-state index in [0.29, 0.717) is 5.75 Å². The van der Waals surface area contributed by atoms with Gasteiger partial charge in [-0.2, -0.15) is 0 Å². The Morgan fingerprint density at radius 2 is 2.12 bits per heavy atom. The molecule has 0 fully saturated rings. The molecule has 0 atom stereocenters. The molecule has 6 heteroatoms. The number of aromatic nitrogens is 3. The predicted molar refractivity (Wildman–Crippen MR) is 96.9 cm³/mol. The van der Waals surface area contributed by atoms with Crippen LogP contribution in [0, 0.1) is 5.82 Å². The summed E-state index contributed by atoms with van der Waals surface area (Å²) in [4.78, 5) is 1.51. The first-order valence-electron chi connectivity index (χ1n) is 8.08. The van der Waals surface area contributed by atoms with Gasteiger partial charge in [-0.3, -0.25) is 0 Å². The second kappa shape index (κ2) is 6.69. The third kappa shape index (κ3) is 3.00. The van der Waals surface area contributed by atoms with Crippen LogP contribution >= 0.6 is 23.1 Å². The molecule has 0 unspecified atom stereocenters. The molecule has 3 aromatic rings. The van der Waals surface area contributed by atoms with Crippen molar-refractivity contribution in [2.45, 2.75) is 36.6 Å². The maximum atomic E-state index is 13.3. The van der Waals surface area contributed by atoms with Crippen LogP contribution in [-0.2, 0) is 25.6 Å². The van der Waals surface area contributed by atoms with Crippen LogP contribution in [0.3, 0.4) is 0 Å². The molecule has 2 aromatic heterocycles. The second-order valence-electron chi connectivity index (χ2n) is 6.04. The molecule has 0 N–H and O–H groups in total. The van der Waals surface area contributed by atoms with E-state index < -0.39 is 0 Å². The molecule has 2 heterocycles. The fourth-order valence-electron chi connectivity index (χ4n) is 3.13. The number of nitrogens with zero attached hydrogens (tertiary/aromatic N) is 3. The van der Waals surface area contributed by atoms with Crippen LogP contribution in [0.15, 0.2) is 34.8 Å². The highest BCUT2D eigenvalue weighted by molar-refractivity contribution is 7.98. The van der Waals surface area contributed by atoms with E-state index in [2.05, 4.69) is 20.1 Å². The van der Waals surface area contributed by atoms with Crippen molar-refractivity contribution in [1.29, 1.82) is 0 Å². The van der Waals surface area contributed by atoms with Crippen molar-refractivity contribution in [3.05, 3.63) is 51.5 Å². The fourth-order valence-corrected chi connectivity index (χ4v) is 5.11. The van der Waals surface area contributed by atoms with Crippen molar-refractivity contribution < 1.29 is 4.39 Å². The number of hydrogen-bond acceptors (Lipinski definition) is 4. The number of thioether (sulfide) groups is 1. The van der Waals surface area contributed by atoms with Crippen molar-refractivity contribution in [2.24, 2.45) is 7.05 Å². The van der Waals surface area contributed by atoms with Gasteiger partial charge in [-0.05, 0) is 48.9 Å². The van der Waals surface area contributed by atoms with Gasteiger partial charge in [-0.1, -0.05) is 23.9 Å². The first-order valence-corrected chi connectivity index (χ1v) is 9.95. The van der Waals surface area contributed by atoms with E-state index in [1.54, 1.807) is 23.9 Å². The molecular formula is C18H18FN3S2. The Hall–Kier alpha value is -1.66. The summed E-state index contributed by atoms with van der Waals surface area (Å²) in [6, 6.07) is 6.71. The number of hydrogen-bond donors (Lipinski definition) is 0. The maximum absolute atomic E-state index is 13.3. The van der Waals surface area contributed by atoms with Crippen LogP contribution in [0.4, 0.5) is 4.39 Å². The molecule has 124 valence electrons. The van der Waals surface area contributed by atoms with E-state index in [1.165, 1.54) is 41.3 Å². The van der Waals surface area contributed by atoms with Gasteiger partial charge in [-0.15, -0.1) is 21.5 Å². The molecule has 4 rings (SSSR count). The molecular weight excluding hydrogens is 341 g/mol. The summed E-state index contributed by atoms with van der Waals surface area (Å²) in [6.07, 6.45) is 4.89. The van der Waals surface area contributed by atoms with Crippen LogP contribution in [0.1, 0.15) is 28.8 Å². The molecule has 1 aliphatic carbocycles. The molecule has 0 saturated carbocycles. The van der Waals surface area contributed by atoms with Crippen LogP contribution in [0.25, 0.3) is 11.4 Å². The average molecular weight is 359 g/mol. The average Bonchev–Trinajstić information content (AvgIpc) is 3.16. The molecule has 0 spiro atoms. The molecule has 0 amide bonds. The molecule has 0 bridgehead atoms. The van der Waals surface area contributed by atoms with E-state index in [-0.39, 0.29) is 5.82 Å². The van der Waals surface area contributed by atoms with Gasteiger partial charge in [-0.25, -0.2) is 4.39 Å². The zero-order chi connectivity index (χ0) is 16.5. The van der Waals surface area contributed by atoms with Gasteiger partial charge in [0, 0.05) is 28.6 Å². The van der Waals surface area contributed by atoms with Crippen molar-refractivity contribution in [3.63, 3.8) is 0 Å². The van der Waals surface area contributed by atoms with Crippen molar-refractivity contribution in [1.82, 2.24) is 14.8 Å². The van der Waals surface area contributed by atoms with Crippen LogP contribution < -0.4 is 0 Å². The Balaban J connectivity index is 1.56. The Morgan fingerprint density at radius 3 is 3.00 bits per heavy atom. The van der Waals surface area contributed by atoms with Gasteiger partial charge < -0.3 is 4.57 Å². The third-order valence-corrected chi connectivity index (χ3v) is 6.57. The standard InChI is InChI=1S/C18H18FN3S2/c1-22-17(15-11-23-16-8-3-2-7-14(15)16)20-21-18(22)24-10-12-5-4-6-13(19)9-12/h4-6,9,11H,2-3,7-8,10H2,1H3. The third-order valence-electron chi connectivity index (χ3n) is 4.39. The molecule has 3 nitrogen and oxygen atoms in total. The van der Waals surface area contributed by atoms with Crippen LogP contribution in [0.2, 0.25) is 0 Å². The van der Waals surface area contributed by atoms with Gasteiger partial charge in [0.05, 0.1) is 0 Å². The molecule has 1 aromatic carbocycles. The second-order valence-corrected chi connectivity index (χ2v) is 7.95. The summed E-state index contributed by atoms with van der Waals surface area (Å²) < 4.78 is 15.3. The number of rotatable bonds is 4. The molecule has 0 radical (unpaired) electrons. The van der Waals surface area contributed by atoms with Gasteiger partial charge in [0.25, 0.3) is 0 Å². The van der Waals surface area contributed by atoms with Crippen molar-refractivity contribution in [2.75, 3.05) is 0 Å². The van der Waals surface area contributed by atoms with Crippen LogP contribution in [0.5, 0.6) is 0 Å². The number of halogens is 1. The van der Waals surface area contributed by atoms with E-state index >= 15 is 0 Å². The highest BCUT2D eigenvalue weighted by atomic mass is 32.2. The summed E-state index contributed by atoms with van der Waals surface area (Å²) in [6.45, 7) is 0. The Labute approximate surface area is 148 Å². The van der Waals surface area contributed by atoms with Crippen LogP contribution in [-0.4, -0.2) is 14.8 Å². The van der Waals surface area contributed by atoms with Crippen molar-refractivity contribution >= 4 is 23.1 Å². The lowest BCUT2D eigenvalue weighted by molar-refractivity contribution is 0.626. The summed E-state index contributed by atoms with van der Waals surface area (Å²) >= 11 is 3.44. The first kappa shape index (κ1) is 15.8. The first-order chi connectivity index (χ1) is 11.7. The summed E-state index contributed by atoms with van der Waals surface area (Å²) in [5.41, 5.74) is 3.66. The van der Waals surface area contributed by atoms with E-state index in [9.17, 15) is 4.39 Å². The number of aryl methyl sites for hydroxylation is 1. The molecule has 24 heavy (non-hydrogen) atoms. The van der Waals surface area contributed by atoms with Gasteiger partial charge >= 0.3 is 0 Å². The summed E-state index contributed by atoms with van der Waals surface area (Å²) in [5, 5.41) is 11.9. The van der Waals surface area contributed by atoms with E-state index in [0.717, 1.165) is 23.0 Å². The Kier molecular flexibility index (Phi) is 4.41. The molecule has 0 saturated heterocycles. The minimum atomic E-state index is -0.198. The summed E-state index contributed by atoms with van der Waals surface area (Å²) in [5.74, 6) is 1.43. The van der Waals surface area contributed by atoms with Gasteiger partial charge in [0.1, 0.15) is 5.82 Å². The number of benzene rings is 1. The van der Waals surface area contributed by atoms with Gasteiger partial charge in [0.2, 0.25) is 0 Å². The monoisotopic (exact) mass is 359 g/mol. The fraction of sp³-hybridized carbons (Fsp3) is 0.333. The maximum Gasteiger partial charge on any atom is 0.191 e. The normalized spacial score (nSPS) is 13.9. The quantitative estimate of drug-likeness (QED) is 0.624. The number of fused-ring (bicyclic) bond motifs is 1. The number of thiophene rings is 1. The zero-order valence-corrected chi connectivity index (χ0v) is 15.1. The topological polar surface area (TPSA) is 30.7 Å². The largest absolute Gasteiger partial charge is 0.305 e. The lowest BCUT2D eigenvalue weighted by Crippen LogP contribution is -2.02. The predicted octanol–water partition coefficient (Wildman–Crippen LogP) is 4.85. The SMILES string of the molecule is Cn1c(SCc2cccc(F)c2)nnc1-c1csc2c1CCCC2. The Morgan fingerprint density at radius 1 is 1.25 bits per heavy atom.